The molecule has 162 valence electrons. The van der Waals surface area contributed by atoms with Crippen molar-refractivity contribution >= 4 is 16.0 Å². The summed E-state index contributed by atoms with van der Waals surface area (Å²) in [5.41, 5.74) is 1.07. The number of hydrogen-bond donors (Lipinski definition) is 0. The van der Waals surface area contributed by atoms with E-state index in [9.17, 15) is 17.6 Å². The van der Waals surface area contributed by atoms with Crippen LogP contribution in [-0.4, -0.2) is 43.7 Å². The van der Waals surface area contributed by atoms with Crippen LogP contribution in [0.4, 0.5) is 4.39 Å². The Balaban J connectivity index is 1.76. The summed E-state index contributed by atoms with van der Waals surface area (Å²) >= 11 is 0. The van der Waals surface area contributed by atoms with Gasteiger partial charge in [0.15, 0.2) is 0 Å². The van der Waals surface area contributed by atoms with Gasteiger partial charge in [-0.1, -0.05) is 18.2 Å². The number of ether oxygens (including phenoxy) is 1. The molecule has 1 fully saturated rings. The number of carbonyl (C=O) groups is 1. The molecular weight excluding hydrogens is 409 g/mol. The molecule has 2 aromatic rings. The van der Waals surface area contributed by atoms with Crippen LogP contribution in [0.25, 0.3) is 0 Å². The maximum atomic E-state index is 13.6. The third-order valence-electron chi connectivity index (χ3n) is 4.89. The minimum absolute atomic E-state index is 0.0544. The lowest BCUT2D eigenvalue weighted by Crippen LogP contribution is -2.37. The third kappa shape index (κ3) is 5.79. The molecule has 0 bridgehead atoms. The number of amides is 1. The van der Waals surface area contributed by atoms with Crippen LogP contribution in [0.15, 0.2) is 48.5 Å². The molecule has 1 aliphatic rings. The molecule has 3 rings (SSSR count). The zero-order valence-corrected chi connectivity index (χ0v) is 17.9. The van der Waals surface area contributed by atoms with Crippen LogP contribution >= 0.6 is 0 Å². The molecule has 0 radical (unpaired) electrons. The van der Waals surface area contributed by atoms with E-state index in [1.54, 1.807) is 49.1 Å². The van der Waals surface area contributed by atoms with Crippen LogP contribution in [0.2, 0.25) is 0 Å². The third-order valence-corrected chi connectivity index (χ3v) is 6.47. The van der Waals surface area contributed by atoms with Crippen molar-refractivity contribution in [2.75, 3.05) is 13.2 Å². The largest absolute Gasteiger partial charge is 0.382 e. The summed E-state index contributed by atoms with van der Waals surface area (Å²) in [5, 5.41) is -0.650. The first-order chi connectivity index (χ1) is 14.2. The minimum Gasteiger partial charge on any atom is -0.382 e. The average Bonchev–Trinajstić information content (AvgIpc) is 3.21. The first-order valence-corrected chi connectivity index (χ1v) is 11.4. The van der Waals surface area contributed by atoms with Gasteiger partial charge in [0.2, 0.25) is 0 Å². The van der Waals surface area contributed by atoms with Gasteiger partial charge in [-0.2, -0.15) is 8.42 Å². The lowest BCUT2D eigenvalue weighted by Gasteiger charge is -2.26. The van der Waals surface area contributed by atoms with Crippen molar-refractivity contribution in [1.29, 1.82) is 0 Å². The Morgan fingerprint density at radius 2 is 1.97 bits per heavy atom. The molecule has 0 aliphatic carbocycles. The quantitative estimate of drug-likeness (QED) is 0.591. The van der Waals surface area contributed by atoms with Gasteiger partial charge in [-0.05, 0) is 62.6 Å². The lowest BCUT2D eigenvalue weighted by molar-refractivity contribution is 0.0507. The summed E-state index contributed by atoms with van der Waals surface area (Å²) in [4.78, 5) is 14.6. The van der Waals surface area contributed by atoms with E-state index in [-0.39, 0.29) is 29.9 Å². The van der Waals surface area contributed by atoms with E-state index in [1.807, 2.05) is 0 Å². The Kier molecular flexibility index (Phi) is 7.10. The van der Waals surface area contributed by atoms with Gasteiger partial charge in [-0.3, -0.25) is 4.79 Å². The molecule has 0 saturated carbocycles. The number of carbonyl (C=O) groups excluding carboxylic acids is 1. The molecule has 30 heavy (non-hydrogen) atoms. The first kappa shape index (κ1) is 22.2. The monoisotopic (exact) mass is 435 g/mol. The van der Waals surface area contributed by atoms with Crippen molar-refractivity contribution in [1.82, 2.24) is 4.90 Å². The van der Waals surface area contributed by atoms with Gasteiger partial charge in [0.25, 0.3) is 5.91 Å². The van der Waals surface area contributed by atoms with Gasteiger partial charge in [-0.25, -0.2) is 4.39 Å². The van der Waals surface area contributed by atoms with Gasteiger partial charge < -0.3 is 13.8 Å². The smallest absolute Gasteiger partial charge is 0.311 e. The lowest BCUT2D eigenvalue weighted by atomic mass is 10.1. The molecule has 0 unspecified atom stereocenters. The summed E-state index contributed by atoms with van der Waals surface area (Å²) in [7, 11) is -3.67. The molecule has 0 N–H and O–H groups in total. The van der Waals surface area contributed by atoms with E-state index in [0.29, 0.717) is 13.2 Å². The highest BCUT2D eigenvalue weighted by atomic mass is 32.2. The van der Waals surface area contributed by atoms with E-state index in [0.717, 1.165) is 18.4 Å². The van der Waals surface area contributed by atoms with Gasteiger partial charge >= 0.3 is 10.1 Å². The molecule has 1 aliphatic heterocycles. The summed E-state index contributed by atoms with van der Waals surface area (Å²) < 4.78 is 48.2. The highest BCUT2D eigenvalue weighted by Gasteiger charge is 2.24. The highest BCUT2D eigenvalue weighted by molar-refractivity contribution is 7.87. The predicted octanol–water partition coefficient (Wildman–Crippen LogP) is 3.76. The number of benzene rings is 2. The fraction of sp³-hybridized carbons (Fsp3) is 0.409. The fourth-order valence-electron chi connectivity index (χ4n) is 3.16. The van der Waals surface area contributed by atoms with Crippen molar-refractivity contribution in [2.24, 2.45) is 0 Å². The van der Waals surface area contributed by atoms with Crippen molar-refractivity contribution in [2.45, 2.75) is 44.6 Å². The standard InChI is InChI=1S/C22H26FNO5S/c1-16(2)30(26,27)29-20-10-8-17(9-11-20)14-24(15-21-7-4-12-28-21)22(25)18-5-3-6-19(23)13-18/h3,5-6,8-11,13,16,21H,4,7,12,14-15H2,1-2H3/t21-/m0/s1. The molecule has 8 heteroatoms. The zero-order valence-electron chi connectivity index (χ0n) is 17.1. The second kappa shape index (κ2) is 9.57. The van der Waals surface area contributed by atoms with E-state index in [2.05, 4.69) is 0 Å². The normalized spacial score (nSPS) is 16.6. The first-order valence-electron chi connectivity index (χ1n) is 9.93. The molecule has 1 heterocycles. The number of hydrogen-bond acceptors (Lipinski definition) is 5. The van der Waals surface area contributed by atoms with Gasteiger partial charge in [-0.15, -0.1) is 0 Å². The van der Waals surface area contributed by atoms with Gasteiger partial charge in [0.05, 0.1) is 11.4 Å². The fourth-order valence-corrected chi connectivity index (χ4v) is 3.73. The van der Waals surface area contributed by atoms with Crippen LogP contribution in [0.3, 0.4) is 0 Å². The van der Waals surface area contributed by atoms with Crippen LogP contribution < -0.4 is 4.18 Å². The van der Waals surface area contributed by atoms with Crippen LogP contribution in [0.1, 0.15) is 42.6 Å². The minimum atomic E-state index is -3.67. The summed E-state index contributed by atoms with van der Waals surface area (Å²) in [6, 6.07) is 12.2. The molecule has 0 spiro atoms. The SMILES string of the molecule is CC(C)S(=O)(=O)Oc1ccc(CN(C[C@@H]2CCCO2)C(=O)c2cccc(F)c2)cc1. The van der Waals surface area contributed by atoms with Gasteiger partial charge in [0.1, 0.15) is 11.6 Å². The Morgan fingerprint density at radius 3 is 2.57 bits per heavy atom. The topological polar surface area (TPSA) is 72.9 Å². The van der Waals surface area contributed by atoms with Crippen LogP contribution in [-0.2, 0) is 21.4 Å². The van der Waals surface area contributed by atoms with E-state index in [4.69, 9.17) is 8.92 Å². The summed E-state index contributed by atoms with van der Waals surface area (Å²) in [6.07, 6.45) is 1.76. The Hall–Kier alpha value is -2.45. The van der Waals surface area contributed by atoms with Crippen molar-refractivity contribution in [3.8, 4) is 5.75 Å². The average molecular weight is 436 g/mol. The van der Waals surface area contributed by atoms with E-state index in [1.165, 1.54) is 18.2 Å². The van der Waals surface area contributed by atoms with Crippen molar-refractivity contribution in [3.63, 3.8) is 0 Å². The van der Waals surface area contributed by atoms with Crippen LogP contribution in [0, 0.1) is 5.82 Å². The molecule has 1 saturated heterocycles. The molecule has 1 atom stereocenters. The molecule has 6 nitrogen and oxygen atoms in total. The zero-order chi connectivity index (χ0) is 21.7. The van der Waals surface area contributed by atoms with Crippen LogP contribution in [0.5, 0.6) is 5.75 Å². The number of rotatable bonds is 8. The Morgan fingerprint density at radius 1 is 1.23 bits per heavy atom. The molecule has 1 amide bonds. The maximum absolute atomic E-state index is 13.6. The second-order valence-electron chi connectivity index (χ2n) is 7.60. The van der Waals surface area contributed by atoms with E-state index < -0.39 is 21.2 Å². The number of halogens is 1. The molecule has 2 aromatic carbocycles. The number of nitrogens with zero attached hydrogens (tertiary/aromatic N) is 1. The second-order valence-corrected chi connectivity index (χ2v) is 9.69. The van der Waals surface area contributed by atoms with Crippen molar-refractivity contribution in [3.05, 3.63) is 65.5 Å². The maximum Gasteiger partial charge on any atom is 0.311 e. The predicted molar refractivity (Wildman–Crippen MR) is 111 cm³/mol. The van der Waals surface area contributed by atoms with E-state index >= 15 is 0 Å². The Labute approximate surface area is 176 Å². The van der Waals surface area contributed by atoms with Crippen molar-refractivity contribution < 1.29 is 26.5 Å². The highest BCUT2D eigenvalue weighted by Crippen LogP contribution is 2.20. The molecular formula is C22H26FNO5S. The summed E-state index contributed by atoms with van der Waals surface area (Å²) in [6.45, 7) is 4.44. The Bertz CT molecular complexity index is 969. The molecule has 0 aromatic heterocycles. The summed E-state index contributed by atoms with van der Waals surface area (Å²) in [5.74, 6) is -0.534. The van der Waals surface area contributed by atoms with Gasteiger partial charge in [0, 0.05) is 25.3 Å².